The van der Waals surface area contributed by atoms with E-state index in [4.69, 9.17) is 11.6 Å². The van der Waals surface area contributed by atoms with E-state index in [1.54, 1.807) is 24.0 Å². The molecule has 0 aliphatic heterocycles. The highest BCUT2D eigenvalue weighted by atomic mass is 35.5. The van der Waals surface area contributed by atoms with E-state index in [9.17, 15) is 9.59 Å². The van der Waals surface area contributed by atoms with Crippen LogP contribution < -0.4 is 5.32 Å². The van der Waals surface area contributed by atoms with Crippen molar-refractivity contribution in [2.45, 2.75) is 58.5 Å². The quantitative estimate of drug-likeness (QED) is 0.743. The molecule has 136 valence electrons. The van der Waals surface area contributed by atoms with E-state index >= 15 is 0 Å². The van der Waals surface area contributed by atoms with Crippen LogP contribution in [0.3, 0.4) is 0 Å². The monoisotopic (exact) mass is 362 g/mol. The Kier molecular flexibility index (Phi) is 7.51. The zero-order valence-corrected chi connectivity index (χ0v) is 15.8. The van der Waals surface area contributed by atoms with Crippen LogP contribution in [0, 0.1) is 0 Å². The molecule has 0 aromatic heterocycles. The summed E-state index contributed by atoms with van der Waals surface area (Å²) in [6.07, 6.45) is 8.00. The second kappa shape index (κ2) is 9.62. The highest BCUT2D eigenvalue weighted by Gasteiger charge is 2.23. The first-order chi connectivity index (χ1) is 12.0. The molecule has 1 aliphatic rings. The second-order valence-electron chi connectivity index (χ2n) is 6.60. The maximum atomic E-state index is 12.4. The van der Waals surface area contributed by atoms with Gasteiger partial charge < -0.3 is 10.2 Å². The maximum absolute atomic E-state index is 12.4. The SMILES string of the molecule is CC(=O)N(Cc1ccc(Cl)cc1)[C@H](C)C(=O)NCCC1=CCCCC1. The Morgan fingerprint density at radius 2 is 1.96 bits per heavy atom. The minimum atomic E-state index is -0.506. The zero-order chi connectivity index (χ0) is 18.2. The molecule has 0 bridgehead atoms. The fraction of sp³-hybridized carbons (Fsp3) is 0.500. The first-order valence-corrected chi connectivity index (χ1v) is 9.32. The van der Waals surface area contributed by atoms with Gasteiger partial charge in [0.15, 0.2) is 0 Å². The van der Waals surface area contributed by atoms with Crippen molar-refractivity contribution in [3.05, 3.63) is 46.5 Å². The number of nitrogens with one attached hydrogen (secondary N) is 1. The number of hydrogen-bond donors (Lipinski definition) is 1. The van der Waals surface area contributed by atoms with Crippen molar-refractivity contribution in [3.8, 4) is 0 Å². The lowest BCUT2D eigenvalue weighted by atomic mass is 9.97. The van der Waals surface area contributed by atoms with Crippen LogP contribution in [0.4, 0.5) is 0 Å². The summed E-state index contributed by atoms with van der Waals surface area (Å²) in [6.45, 7) is 4.28. The van der Waals surface area contributed by atoms with Gasteiger partial charge in [0.1, 0.15) is 6.04 Å². The fourth-order valence-corrected chi connectivity index (χ4v) is 3.20. The lowest BCUT2D eigenvalue weighted by molar-refractivity contribution is -0.138. The van der Waals surface area contributed by atoms with Crippen molar-refractivity contribution in [2.75, 3.05) is 6.54 Å². The Morgan fingerprint density at radius 1 is 1.24 bits per heavy atom. The van der Waals surface area contributed by atoms with Gasteiger partial charge in [-0.05, 0) is 56.7 Å². The summed E-state index contributed by atoms with van der Waals surface area (Å²) in [5.41, 5.74) is 2.38. The number of carbonyl (C=O) groups is 2. The molecule has 1 N–H and O–H groups in total. The molecule has 0 heterocycles. The molecule has 4 nitrogen and oxygen atoms in total. The number of halogens is 1. The van der Waals surface area contributed by atoms with Gasteiger partial charge in [0.2, 0.25) is 11.8 Å². The molecular formula is C20H27ClN2O2. The number of carbonyl (C=O) groups excluding carboxylic acids is 2. The summed E-state index contributed by atoms with van der Waals surface area (Å²) in [7, 11) is 0. The number of hydrogen-bond acceptors (Lipinski definition) is 2. The van der Waals surface area contributed by atoms with Crippen LogP contribution >= 0.6 is 11.6 Å². The van der Waals surface area contributed by atoms with E-state index in [1.165, 1.54) is 25.3 Å². The molecule has 0 fully saturated rings. The smallest absolute Gasteiger partial charge is 0.242 e. The number of allylic oxidation sites excluding steroid dienone is 1. The van der Waals surface area contributed by atoms with E-state index in [0.29, 0.717) is 18.1 Å². The van der Waals surface area contributed by atoms with Crippen molar-refractivity contribution in [3.63, 3.8) is 0 Å². The van der Waals surface area contributed by atoms with Crippen LogP contribution in [-0.4, -0.2) is 29.3 Å². The van der Waals surface area contributed by atoms with Crippen molar-refractivity contribution >= 4 is 23.4 Å². The van der Waals surface area contributed by atoms with Gasteiger partial charge in [-0.3, -0.25) is 9.59 Å². The number of rotatable bonds is 7. The molecule has 2 amide bonds. The minimum absolute atomic E-state index is 0.111. The molecule has 1 aromatic carbocycles. The zero-order valence-electron chi connectivity index (χ0n) is 15.1. The Bertz CT molecular complexity index is 625. The first-order valence-electron chi connectivity index (χ1n) is 8.94. The van der Waals surface area contributed by atoms with Gasteiger partial charge in [-0.15, -0.1) is 0 Å². The van der Waals surface area contributed by atoms with Gasteiger partial charge in [-0.2, -0.15) is 0 Å². The molecule has 5 heteroatoms. The molecule has 0 radical (unpaired) electrons. The largest absolute Gasteiger partial charge is 0.354 e. The molecular weight excluding hydrogens is 336 g/mol. The summed E-state index contributed by atoms with van der Waals surface area (Å²) in [5, 5.41) is 3.62. The van der Waals surface area contributed by atoms with Gasteiger partial charge in [0.25, 0.3) is 0 Å². The average molecular weight is 363 g/mol. The summed E-state index contributed by atoms with van der Waals surface area (Å²) in [5.74, 6) is -0.229. The Morgan fingerprint density at radius 3 is 2.56 bits per heavy atom. The molecule has 0 spiro atoms. The third-order valence-corrected chi connectivity index (χ3v) is 4.90. The summed E-state index contributed by atoms with van der Waals surface area (Å²) in [6, 6.07) is 6.82. The van der Waals surface area contributed by atoms with Crippen LogP contribution in [0.2, 0.25) is 5.02 Å². The third kappa shape index (κ3) is 6.20. The van der Waals surface area contributed by atoms with Crippen LogP contribution in [0.25, 0.3) is 0 Å². The van der Waals surface area contributed by atoms with Crippen LogP contribution in [0.15, 0.2) is 35.9 Å². The van der Waals surface area contributed by atoms with Gasteiger partial charge in [-0.25, -0.2) is 0 Å². The van der Waals surface area contributed by atoms with Gasteiger partial charge >= 0.3 is 0 Å². The fourth-order valence-electron chi connectivity index (χ4n) is 3.07. The predicted octanol–water partition coefficient (Wildman–Crippen LogP) is 4.08. The molecule has 1 aliphatic carbocycles. The average Bonchev–Trinajstić information content (AvgIpc) is 2.61. The first kappa shape index (κ1) is 19.5. The van der Waals surface area contributed by atoms with Gasteiger partial charge in [-0.1, -0.05) is 35.4 Å². The summed E-state index contributed by atoms with van der Waals surface area (Å²) in [4.78, 5) is 26.0. The van der Waals surface area contributed by atoms with E-state index in [0.717, 1.165) is 24.8 Å². The van der Waals surface area contributed by atoms with Crippen LogP contribution in [-0.2, 0) is 16.1 Å². The summed E-state index contributed by atoms with van der Waals surface area (Å²) >= 11 is 5.90. The van der Waals surface area contributed by atoms with E-state index in [2.05, 4.69) is 11.4 Å². The topological polar surface area (TPSA) is 49.4 Å². The molecule has 0 saturated carbocycles. The highest BCUT2D eigenvalue weighted by Crippen LogP contribution is 2.19. The maximum Gasteiger partial charge on any atom is 0.242 e. The van der Waals surface area contributed by atoms with Gasteiger partial charge in [0, 0.05) is 25.0 Å². The second-order valence-corrected chi connectivity index (χ2v) is 7.03. The summed E-state index contributed by atoms with van der Waals surface area (Å²) < 4.78 is 0. The number of amides is 2. The Labute approximate surface area is 155 Å². The van der Waals surface area contributed by atoms with Crippen molar-refractivity contribution in [2.24, 2.45) is 0 Å². The predicted molar refractivity (Wildman–Crippen MR) is 101 cm³/mol. The molecule has 25 heavy (non-hydrogen) atoms. The van der Waals surface area contributed by atoms with E-state index in [-0.39, 0.29) is 11.8 Å². The molecule has 0 unspecified atom stereocenters. The lowest BCUT2D eigenvalue weighted by Gasteiger charge is -2.27. The van der Waals surface area contributed by atoms with E-state index < -0.39 is 6.04 Å². The van der Waals surface area contributed by atoms with Crippen LogP contribution in [0.5, 0.6) is 0 Å². The van der Waals surface area contributed by atoms with Gasteiger partial charge in [0.05, 0.1) is 0 Å². The Hall–Kier alpha value is -1.81. The number of benzene rings is 1. The Balaban J connectivity index is 1.88. The van der Waals surface area contributed by atoms with Crippen molar-refractivity contribution in [1.82, 2.24) is 10.2 Å². The molecule has 2 rings (SSSR count). The van der Waals surface area contributed by atoms with E-state index in [1.807, 2.05) is 12.1 Å². The van der Waals surface area contributed by atoms with Crippen molar-refractivity contribution < 1.29 is 9.59 Å². The molecule has 0 saturated heterocycles. The highest BCUT2D eigenvalue weighted by molar-refractivity contribution is 6.30. The molecule has 1 aromatic rings. The third-order valence-electron chi connectivity index (χ3n) is 4.65. The van der Waals surface area contributed by atoms with Crippen LogP contribution in [0.1, 0.15) is 51.5 Å². The standard InChI is InChI=1S/C20H27ClN2O2/c1-15(20(25)22-13-12-17-6-4-3-5-7-17)23(16(2)24)14-18-8-10-19(21)11-9-18/h6,8-11,15H,3-5,7,12-14H2,1-2H3,(H,22,25)/t15-/m1/s1. The lowest BCUT2D eigenvalue weighted by Crippen LogP contribution is -2.47. The molecule has 1 atom stereocenters. The minimum Gasteiger partial charge on any atom is -0.354 e. The normalized spacial score (nSPS) is 15.2. The number of nitrogens with zero attached hydrogens (tertiary/aromatic N) is 1. The van der Waals surface area contributed by atoms with Crippen molar-refractivity contribution in [1.29, 1.82) is 0 Å².